The molecule has 264 valence electrons. The smallest absolute Gasteiger partial charge is 0.407 e. The zero-order chi connectivity index (χ0) is 34.8. The summed E-state index contributed by atoms with van der Waals surface area (Å²) in [6.45, 7) is 7.09. The van der Waals surface area contributed by atoms with E-state index in [1.54, 1.807) is 26.6 Å². The van der Waals surface area contributed by atoms with Gasteiger partial charge in [0.1, 0.15) is 28.3 Å². The van der Waals surface area contributed by atoms with Crippen molar-refractivity contribution in [2.24, 2.45) is 17.6 Å². The first-order valence-electron chi connectivity index (χ1n) is 17.4. The molecular formula is C37H52N8O4. The number of nitrogens with two attached hydrogens (primary N) is 1. The van der Waals surface area contributed by atoms with Gasteiger partial charge in [0.15, 0.2) is 0 Å². The zero-order valence-electron chi connectivity index (χ0n) is 29.5. The summed E-state index contributed by atoms with van der Waals surface area (Å²) in [7, 11) is 3.23. The fraction of sp³-hybridized carbons (Fsp3) is 0.541. The van der Waals surface area contributed by atoms with E-state index >= 15 is 0 Å². The van der Waals surface area contributed by atoms with E-state index in [1.165, 1.54) is 12.8 Å². The summed E-state index contributed by atoms with van der Waals surface area (Å²) in [6, 6.07) is 12.9. The average Bonchev–Trinajstić information content (AvgIpc) is 3.10. The van der Waals surface area contributed by atoms with Gasteiger partial charge in [0, 0.05) is 41.8 Å². The highest BCUT2D eigenvalue weighted by Crippen LogP contribution is 2.29. The lowest BCUT2D eigenvalue weighted by atomic mass is 9.86. The Morgan fingerprint density at radius 3 is 1.63 bits per heavy atom. The van der Waals surface area contributed by atoms with Crippen molar-refractivity contribution in [2.45, 2.75) is 89.8 Å². The van der Waals surface area contributed by atoms with Crippen LogP contribution in [0.3, 0.4) is 0 Å². The van der Waals surface area contributed by atoms with Crippen LogP contribution in [0.15, 0.2) is 48.8 Å². The van der Waals surface area contributed by atoms with Gasteiger partial charge in [-0.15, -0.1) is 0 Å². The van der Waals surface area contributed by atoms with Gasteiger partial charge >= 0.3 is 6.09 Å². The van der Waals surface area contributed by atoms with Crippen LogP contribution in [0.25, 0.3) is 21.8 Å². The van der Waals surface area contributed by atoms with Gasteiger partial charge in [0.05, 0.1) is 14.2 Å². The van der Waals surface area contributed by atoms with Gasteiger partial charge in [-0.3, -0.25) is 0 Å². The zero-order valence-corrected chi connectivity index (χ0v) is 29.5. The Morgan fingerprint density at radius 1 is 0.735 bits per heavy atom. The van der Waals surface area contributed by atoms with Crippen molar-refractivity contribution in [2.75, 3.05) is 37.9 Å². The van der Waals surface area contributed by atoms with Crippen LogP contribution in [0.4, 0.5) is 16.4 Å². The first-order valence-corrected chi connectivity index (χ1v) is 17.4. The minimum absolute atomic E-state index is 0.337. The lowest BCUT2D eigenvalue weighted by Crippen LogP contribution is -2.37. The number of nitrogens with zero attached hydrogens (tertiary/aromatic N) is 4. The van der Waals surface area contributed by atoms with Crippen LogP contribution in [-0.4, -0.2) is 71.0 Å². The molecule has 49 heavy (non-hydrogen) atoms. The maximum Gasteiger partial charge on any atom is 0.407 e. The number of hydrogen-bond donors (Lipinski definition) is 4. The molecule has 0 unspecified atom stereocenters. The van der Waals surface area contributed by atoms with Crippen molar-refractivity contribution in [3.63, 3.8) is 0 Å². The number of rotatable bonds is 9. The number of carbonyl (C=O) groups excluding carboxylic acids is 1. The van der Waals surface area contributed by atoms with Gasteiger partial charge < -0.3 is 35.9 Å². The highest BCUT2D eigenvalue weighted by molar-refractivity contribution is 5.85. The van der Waals surface area contributed by atoms with Gasteiger partial charge in [0.2, 0.25) is 11.8 Å². The molecule has 0 saturated heterocycles. The van der Waals surface area contributed by atoms with Crippen molar-refractivity contribution in [3.8, 4) is 11.8 Å². The lowest BCUT2D eigenvalue weighted by molar-refractivity contribution is 0.0515. The largest absolute Gasteiger partial charge is 0.479 e. The number of anilines is 2. The van der Waals surface area contributed by atoms with Crippen LogP contribution in [0, 0.1) is 11.8 Å². The molecule has 0 bridgehead atoms. The van der Waals surface area contributed by atoms with E-state index in [0.717, 1.165) is 78.5 Å². The Morgan fingerprint density at radius 2 is 1.20 bits per heavy atom. The van der Waals surface area contributed by atoms with Crippen LogP contribution in [0.2, 0.25) is 0 Å². The number of alkyl carbamates (subject to hydrolysis) is 1. The Labute approximate surface area is 289 Å². The minimum atomic E-state index is -0.462. The number of nitrogens with one attached hydrogen (secondary N) is 3. The van der Waals surface area contributed by atoms with E-state index in [-0.39, 0.29) is 6.09 Å². The molecule has 0 aromatic carbocycles. The third kappa shape index (κ3) is 10.3. The monoisotopic (exact) mass is 672 g/mol. The molecule has 2 aliphatic rings. The van der Waals surface area contributed by atoms with E-state index < -0.39 is 5.60 Å². The standard InChI is InChI=1S/C21H30N4O3.C16H22N4O/c1-21(2,3)28-20(26)23-13-14-5-8-16(9-6-14)24-17-10-7-15-11-12-22-19(27-4)18(15)25-17;1-21-16-15-12(8-9-18-16)4-7-14(20-15)19-13-5-2-11(10-17)3-6-13/h7,10-12,14,16H,5-6,8-9,13H2,1-4H3,(H,23,26)(H,24,25);4,7-9,11,13H,2-3,5-6,10,17H2,1H3,(H,19,20). The minimum Gasteiger partial charge on any atom is -0.479 e. The second kappa shape index (κ2) is 16.8. The molecule has 0 radical (unpaired) electrons. The summed E-state index contributed by atoms with van der Waals surface area (Å²) in [5.41, 5.74) is 6.86. The average molecular weight is 673 g/mol. The summed E-state index contributed by atoms with van der Waals surface area (Å²) < 4.78 is 15.9. The normalized spacial score (nSPS) is 20.9. The van der Waals surface area contributed by atoms with Crippen molar-refractivity contribution >= 4 is 39.5 Å². The van der Waals surface area contributed by atoms with E-state index in [1.807, 2.05) is 51.1 Å². The summed E-state index contributed by atoms with van der Waals surface area (Å²) in [6.07, 6.45) is 12.1. The molecule has 5 N–H and O–H groups in total. The van der Waals surface area contributed by atoms with E-state index in [9.17, 15) is 4.79 Å². The molecule has 1 amide bonds. The summed E-state index contributed by atoms with van der Waals surface area (Å²) in [5.74, 6) is 4.02. The molecule has 4 aromatic heterocycles. The third-order valence-corrected chi connectivity index (χ3v) is 9.20. The lowest BCUT2D eigenvalue weighted by Gasteiger charge is -2.30. The van der Waals surface area contributed by atoms with Crippen LogP contribution in [0.5, 0.6) is 11.8 Å². The molecule has 6 rings (SSSR count). The number of ether oxygens (including phenoxy) is 3. The van der Waals surface area contributed by atoms with E-state index in [0.29, 0.717) is 42.2 Å². The summed E-state index contributed by atoms with van der Waals surface area (Å²) >= 11 is 0. The second-order valence-electron chi connectivity index (χ2n) is 14.0. The number of carbonyl (C=O) groups is 1. The number of fused-ring (bicyclic) bond motifs is 2. The van der Waals surface area contributed by atoms with Crippen LogP contribution < -0.4 is 31.2 Å². The van der Waals surface area contributed by atoms with E-state index in [2.05, 4.69) is 42.0 Å². The summed E-state index contributed by atoms with van der Waals surface area (Å²) in [5, 5.41) is 12.0. The Bertz CT molecular complexity index is 1660. The number of pyridine rings is 4. The van der Waals surface area contributed by atoms with Gasteiger partial charge in [0.25, 0.3) is 0 Å². The number of methoxy groups -OCH3 is 2. The van der Waals surface area contributed by atoms with Crippen LogP contribution in [-0.2, 0) is 4.74 Å². The Balaban J connectivity index is 0.000000199. The molecule has 12 nitrogen and oxygen atoms in total. The highest BCUT2D eigenvalue weighted by Gasteiger charge is 2.24. The van der Waals surface area contributed by atoms with Crippen molar-refractivity contribution in [1.82, 2.24) is 25.3 Å². The molecule has 2 aliphatic carbocycles. The van der Waals surface area contributed by atoms with Crippen molar-refractivity contribution in [3.05, 3.63) is 48.8 Å². The third-order valence-electron chi connectivity index (χ3n) is 9.20. The number of hydrogen-bond acceptors (Lipinski definition) is 11. The molecule has 12 heteroatoms. The maximum absolute atomic E-state index is 11.8. The molecule has 2 saturated carbocycles. The van der Waals surface area contributed by atoms with Crippen LogP contribution in [0.1, 0.15) is 72.1 Å². The fourth-order valence-corrected chi connectivity index (χ4v) is 6.52. The maximum atomic E-state index is 11.8. The molecule has 0 atom stereocenters. The molecule has 0 spiro atoms. The van der Waals surface area contributed by atoms with Crippen molar-refractivity contribution in [1.29, 1.82) is 0 Å². The van der Waals surface area contributed by atoms with Gasteiger partial charge in [-0.1, -0.05) is 0 Å². The molecule has 2 fully saturated rings. The predicted octanol–water partition coefficient (Wildman–Crippen LogP) is 6.70. The van der Waals surface area contributed by atoms with Crippen molar-refractivity contribution < 1.29 is 19.0 Å². The molecular weight excluding hydrogens is 620 g/mol. The first-order chi connectivity index (χ1) is 23.6. The highest BCUT2D eigenvalue weighted by atomic mass is 16.6. The second-order valence-corrected chi connectivity index (χ2v) is 14.0. The molecule has 4 heterocycles. The van der Waals surface area contributed by atoms with Gasteiger partial charge in [-0.05, 0) is 127 Å². The number of amides is 1. The number of aromatic nitrogens is 4. The topological polar surface area (TPSA) is 158 Å². The van der Waals surface area contributed by atoms with Crippen LogP contribution >= 0.6 is 0 Å². The van der Waals surface area contributed by atoms with Gasteiger partial charge in [-0.2, -0.15) is 0 Å². The molecule has 0 aliphatic heterocycles. The Kier molecular flexibility index (Phi) is 12.3. The fourth-order valence-electron chi connectivity index (χ4n) is 6.52. The van der Waals surface area contributed by atoms with Gasteiger partial charge in [-0.25, -0.2) is 24.7 Å². The first kappa shape index (κ1) is 35.8. The Hall–Kier alpha value is -4.45. The van der Waals surface area contributed by atoms with E-state index in [4.69, 9.17) is 19.9 Å². The SMILES string of the molecule is COc1nccc2ccc(NC3CCC(CN)CC3)nc12.COc1nccc2ccc(NC3CCC(CNC(=O)OC(C)(C)C)CC3)nc12. The quantitative estimate of drug-likeness (QED) is 0.150. The predicted molar refractivity (Wildman–Crippen MR) is 194 cm³/mol. The molecule has 4 aromatic rings. The summed E-state index contributed by atoms with van der Waals surface area (Å²) in [4.78, 5) is 29.6.